The fraction of sp³-hybridized carbons (Fsp3) is 0.333. The highest BCUT2D eigenvalue weighted by Crippen LogP contribution is 2.49. The number of likely N-dealkylation sites (N-methyl/N-ethyl adjacent to an activating group) is 1. The van der Waals surface area contributed by atoms with E-state index < -0.39 is 0 Å². The van der Waals surface area contributed by atoms with Gasteiger partial charge in [-0.1, -0.05) is 6.07 Å². The van der Waals surface area contributed by atoms with Crippen molar-refractivity contribution in [1.82, 2.24) is 4.90 Å². The lowest BCUT2D eigenvalue weighted by atomic mass is 9.94. The summed E-state index contributed by atoms with van der Waals surface area (Å²) in [5.41, 5.74) is 2.89. The maximum atomic E-state index is 13.5. The molecule has 0 fully saturated rings. The molecular weight excluding hydrogens is 311 g/mol. The van der Waals surface area contributed by atoms with E-state index in [4.69, 9.17) is 14.2 Å². The normalized spacial score (nSPS) is 19.0. The minimum Gasteiger partial charge on any atom is -0.492 e. The first kappa shape index (κ1) is 15.1. The molecular formula is C18H19FN2O3. The largest absolute Gasteiger partial charge is 0.492 e. The van der Waals surface area contributed by atoms with Crippen molar-refractivity contribution in [2.75, 3.05) is 32.8 Å². The van der Waals surface area contributed by atoms with E-state index >= 15 is 0 Å². The summed E-state index contributed by atoms with van der Waals surface area (Å²) < 4.78 is 30.3. The van der Waals surface area contributed by atoms with Crippen molar-refractivity contribution in [3.8, 4) is 17.2 Å². The summed E-state index contributed by atoms with van der Waals surface area (Å²) in [5.74, 6) is 1.77. The van der Waals surface area contributed by atoms with Crippen molar-refractivity contribution in [3.63, 3.8) is 0 Å². The molecule has 2 aliphatic rings. The minimum atomic E-state index is -0.267. The van der Waals surface area contributed by atoms with E-state index in [1.807, 2.05) is 19.2 Å². The number of methoxy groups -OCH3 is 1. The highest BCUT2D eigenvalue weighted by Gasteiger charge is 2.34. The molecule has 0 saturated heterocycles. The van der Waals surface area contributed by atoms with Crippen LogP contribution in [0, 0.1) is 5.82 Å². The smallest absolute Gasteiger partial charge is 0.231 e. The van der Waals surface area contributed by atoms with Crippen LogP contribution in [0.5, 0.6) is 17.2 Å². The molecule has 24 heavy (non-hydrogen) atoms. The van der Waals surface area contributed by atoms with E-state index in [-0.39, 0.29) is 18.8 Å². The summed E-state index contributed by atoms with van der Waals surface area (Å²) >= 11 is 0. The molecule has 2 aromatic carbocycles. The predicted octanol–water partition coefficient (Wildman–Crippen LogP) is 3.16. The quantitative estimate of drug-likeness (QED) is 0.936. The zero-order valence-electron chi connectivity index (χ0n) is 13.6. The fourth-order valence-corrected chi connectivity index (χ4v) is 3.35. The van der Waals surface area contributed by atoms with Gasteiger partial charge < -0.3 is 19.5 Å². The Morgan fingerprint density at radius 1 is 1.29 bits per heavy atom. The van der Waals surface area contributed by atoms with E-state index in [9.17, 15) is 4.39 Å². The van der Waals surface area contributed by atoms with Gasteiger partial charge in [0.15, 0.2) is 11.5 Å². The number of hydrogen-bond acceptors (Lipinski definition) is 5. The van der Waals surface area contributed by atoms with Gasteiger partial charge in [-0.2, -0.15) is 0 Å². The van der Waals surface area contributed by atoms with Crippen LogP contribution in [0.15, 0.2) is 30.3 Å². The maximum Gasteiger partial charge on any atom is 0.231 e. The van der Waals surface area contributed by atoms with Gasteiger partial charge in [-0.05, 0) is 43.3 Å². The van der Waals surface area contributed by atoms with Crippen molar-refractivity contribution in [2.24, 2.45) is 0 Å². The van der Waals surface area contributed by atoms with E-state index in [1.54, 1.807) is 13.2 Å². The standard InChI is InChI=1S/C18H19FN2O3/c1-21-7-6-11-8-14-16(24-10-23-14)17(22-2)15(11)18(21)20-13-5-3-4-12(19)9-13/h3-5,8-9,18,20H,6-7,10H2,1-2H3. The highest BCUT2D eigenvalue weighted by atomic mass is 19.1. The first-order valence-electron chi connectivity index (χ1n) is 7.89. The highest BCUT2D eigenvalue weighted by molar-refractivity contribution is 5.63. The molecule has 6 heteroatoms. The Bertz CT molecular complexity index is 781. The Hall–Kier alpha value is -2.47. The van der Waals surface area contributed by atoms with Crippen LogP contribution in [0.3, 0.4) is 0 Å². The van der Waals surface area contributed by atoms with Crippen molar-refractivity contribution in [1.29, 1.82) is 0 Å². The molecule has 0 amide bonds. The maximum absolute atomic E-state index is 13.5. The molecule has 1 unspecified atom stereocenters. The first-order valence-corrected chi connectivity index (χ1v) is 7.89. The number of anilines is 1. The molecule has 0 bridgehead atoms. The third kappa shape index (κ3) is 2.43. The van der Waals surface area contributed by atoms with E-state index in [0.717, 1.165) is 35.5 Å². The third-order valence-electron chi connectivity index (χ3n) is 4.52. The van der Waals surface area contributed by atoms with Crippen LogP contribution in [0.4, 0.5) is 10.1 Å². The number of nitrogens with zero attached hydrogens (tertiary/aromatic N) is 1. The van der Waals surface area contributed by atoms with Gasteiger partial charge in [0, 0.05) is 17.8 Å². The molecule has 0 radical (unpaired) electrons. The van der Waals surface area contributed by atoms with Gasteiger partial charge in [-0.15, -0.1) is 0 Å². The number of ether oxygens (including phenoxy) is 3. The predicted molar refractivity (Wildman–Crippen MR) is 88.2 cm³/mol. The molecule has 5 nitrogen and oxygen atoms in total. The van der Waals surface area contributed by atoms with Crippen LogP contribution in [0.25, 0.3) is 0 Å². The van der Waals surface area contributed by atoms with Crippen LogP contribution in [0.2, 0.25) is 0 Å². The molecule has 2 aromatic rings. The van der Waals surface area contributed by atoms with Crippen LogP contribution in [0.1, 0.15) is 17.3 Å². The van der Waals surface area contributed by atoms with Crippen molar-refractivity contribution >= 4 is 5.69 Å². The van der Waals surface area contributed by atoms with Gasteiger partial charge in [-0.25, -0.2) is 4.39 Å². The number of benzene rings is 2. The van der Waals surface area contributed by atoms with Gasteiger partial charge in [0.25, 0.3) is 0 Å². The number of halogens is 1. The van der Waals surface area contributed by atoms with Crippen molar-refractivity contribution < 1.29 is 18.6 Å². The molecule has 1 N–H and O–H groups in total. The summed E-state index contributed by atoms with van der Waals surface area (Å²) in [6.45, 7) is 1.08. The Kier molecular flexibility index (Phi) is 3.69. The first-order chi connectivity index (χ1) is 11.7. The number of nitrogens with one attached hydrogen (secondary N) is 1. The Morgan fingerprint density at radius 2 is 2.17 bits per heavy atom. The van der Waals surface area contributed by atoms with Gasteiger partial charge in [-0.3, -0.25) is 4.90 Å². The molecule has 2 heterocycles. The SMILES string of the molecule is COc1c2c(cc3c1C(Nc1cccc(F)c1)N(C)CC3)OCO2. The monoisotopic (exact) mass is 330 g/mol. The Labute approximate surface area is 139 Å². The summed E-state index contributed by atoms with van der Waals surface area (Å²) in [7, 11) is 3.66. The lowest BCUT2D eigenvalue weighted by molar-refractivity contribution is 0.170. The van der Waals surface area contributed by atoms with Gasteiger partial charge in [0.05, 0.1) is 7.11 Å². The van der Waals surface area contributed by atoms with Crippen molar-refractivity contribution in [2.45, 2.75) is 12.6 Å². The summed E-state index contributed by atoms with van der Waals surface area (Å²) in [5, 5.41) is 3.40. The van der Waals surface area contributed by atoms with Gasteiger partial charge in [0.2, 0.25) is 12.5 Å². The molecule has 126 valence electrons. The second-order valence-electron chi connectivity index (χ2n) is 6.00. The second kappa shape index (κ2) is 5.87. The molecule has 4 rings (SSSR count). The lowest BCUT2D eigenvalue weighted by Gasteiger charge is -2.36. The van der Waals surface area contributed by atoms with E-state index in [1.165, 1.54) is 12.1 Å². The number of rotatable bonds is 3. The van der Waals surface area contributed by atoms with E-state index in [0.29, 0.717) is 11.5 Å². The van der Waals surface area contributed by atoms with Gasteiger partial charge in [0.1, 0.15) is 12.0 Å². The molecule has 2 aliphatic heterocycles. The summed E-state index contributed by atoms with van der Waals surface area (Å²) in [4.78, 5) is 2.18. The average Bonchev–Trinajstić information content (AvgIpc) is 3.04. The third-order valence-corrected chi connectivity index (χ3v) is 4.52. The topological polar surface area (TPSA) is 43.0 Å². The fourth-order valence-electron chi connectivity index (χ4n) is 3.35. The molecule has 0 aromatic heterocycles. The number of fused-ring (bicyclic) bond motifs is 2. The minimum absolute atomic E-state index is 0.139. The van der Waals surface area contributed by atoms with Crippen LogP contribution in [-0.4, -0.2) is 32.4 Å². The second-order valence-corrected chi connectivity index (χ2v) is 6.00. The van der Waals surface area contributed by atoms with Crippen LogP contribution >= 0.6 is 0 Å². The summed E-state index contributed by atoms with van der Waals surface area (Å²) in [6.07, 6.45) is 0.750. The molecule has 1 atom stereocenters. The Balaban J connectivity index is 1.79. The van der Waals surface area contributed by atoms with E-state index in [2.05, 4.69) is 10.2 Å². The Morgan fingerprint density at radius 3 is 2.96 bits per heavy atom. The van der Waals surface area contributed by atoms with Crippen LogP contribution in [-0.2, 0) is 6.42 Å². The average molecular weight is 330 g/mol. The zero-order valence-corrected chi connectivity index (χ0v) is 13.6. The molecule has 0 aliphatic carbocycles. The number of hydrogen-bond donors (Lipinski definition) is 1. The van der Waals surface area contributed by atoms with Crippen molar-refractivity contribution in [3.05, 3.63) is 47.3 Å². The van der Waals surface area contributed by atoms with Gasteiger partial charge >= 0.3 is 0 Å². The summed E-state index contributed by atoms with van der Waals surface area (Å²) in [6, 6.07) is 8.49. The lowest BCUT2D eigenvalue weighted by Crippen LogP contribution is -2.37. The molecule has 0 spiro atoms. The zero-order chi connectivity index (χ0) is 16.7. The van der Waals surface area contributed by atoms with Crippen LogP contribution < -0.4 is 19.5 Å². The molecule has 0 saturated carbocycles.